The van der Waals surface area contributed by atoms with E-state index in [1.807, 2.05) is 0 Å². The molecule has 19 heavy (non-hydrogen) atoms. The SMILES string of the molecule is CC(C/C(N)=N/O)N(C)C(=O)c1cc(O)ccc1O. The maximum Gasteiger partial charge on any atom is 0.257 e. The maximum absolute atomic E-state index is 12.1. The first kappa shape index (κ1) is 14.6. The van der Waals surface area contributed by atoms with E-state index in [-0.39, 0.29) is 35.4 Å². The Morgan fingerprint density at radius 1 is 1.47 bits per heavy atom. The van der Waals surface area contributed by atoms with Gasteiger partial charge in [0.2, 0.25) is 0 Å². The first-order chi connectivity index (χ1) is 8.86. The van der Waals surface area contributed by atoms with Crippen molar-refractivity contribution in [3.8, 4) is 11.5 Å². The topological polar surface area (TPSA) is 119 Å². The van der Waals surface area contributed by atoms with Crippen LogP contribution in [-0.4, -0.2) is 45.2 Å². The number of amides is 1. The van der Waals surface area contributed by atoms with Crippen LogP contribution in [0.3, 0.4) is 0 Å². The number of nitrogens with two attached hydrogens (primary N) is 1. The van der Waals surface area contributed by atoms with Crippen molar-refractivity contribution in [2.24, 2.45) is 10.9 Å². The van der Waals surface area contributed by atoms with Gasteiger partial charge in [-0.15, -0.1) is 0 Å². The van der Waals surface area contributed by atoms with Gasteiger partial charge in [0.1, 0.15) is 17.3 Å². The highest BCUT2D eigenvalue weighted by molar-refractivity contribution is 5.97. The number of hydrogen-bond acceptors (Lipinski definition) is 5. The third-order valence-electron chi connectivity index (χ3n) is 2.83. The molecule has 1 aromatic rings. The monoisotopic (exact) mass is 267 g/mol. The quantitative estimate of drug-likeness (QED) is 0.210. The number of carbonyl (C=O) groups is 1. The van der Waals surface area contributed by atoms with Crippen molar-refractivity contribution < 1.29 is 20.2 Å². The van der Waals surface area contributed by atoms with Gasteiger partial charge in [0.15, 0.2) is 0 Å². The van der Waals surface area contributed by atoms with E-state index in [2.05, 4.69) is 5.16 Å². The third kappa shape index (κ3) is 3.51. The van der Waals surface area contributed by atoms with Crippen molar-refractivity contribution in [3.05, 3.63) is 23.8 Å². The first-order valence-corrected chi connectivity index (χ1v) is 5.62. The van der Waals surface area contributed by atoms with Gasteiger partial charge in [-0.2, -0.15) is 0 Å². The molecule has 1 unspecified atom stereocenters. The highest BCUT2D eigenvalue weighted by atomic mass is 16.4. The second-order valence-electron chi connectivity index (χ2n) is 4.26. The van der Waals surface area contributed by atoms with Crippen LogP contribution in [0.4, 0.5) is 0 Å². The number of carbonyl (C=O) groups excluding carboxylic acids is 1. The molecular formula is C12H17N3O4. The molecule has 0 heterocycles. The number of nitrogens with zero attached hydrogens (tertiary/aromatic N) is 2. The molecule has 0 saturated carbocycles. The average molecular weight is 267 g/mol. The zero-order chi connectivity index (χ0) is 14.6. The number of aromatic hydroxyl groups is 2. The largest absolute Gasteiger partial charge is 0.508 e. The number of hydrogen-bond donors (Lipinski definition) is 4. The van der Waals surface area contributed by atoms with Gasteiger partial charge >= 0.3 is 0 Å². The van der Waals surface area contributed by atoms with Crippen molar-refractivity contribution in [2.75, 3.05) is 7.05 Å². The Morgan fingerprint density at radius 2 is 2.11 bits per heavy atom. The van der Waals surface area contributed by atoms with Crippen LogP contribution in [0.1, 0.15) is 23.7 Å². The molecule has 104 valence electrons. The fourth-order valence-corrected chi connectivity index (χ4v) is 1.57. The van der Waals surface area contributed by atoms with Gasteiger partial charge in [-0.3, -0.25) is 4.79 Å². The van der Waals surface area contributed by atoms with Crippen molar-refractivity contribution >= 4 is 11.7 Å². The van der Waals surface area contributed by atoms with Crippen LogP contribution in [0.2, 0.25) is 0 Å². The number of rotatable bonds is 4. The highest BCUT2D eigenvalue weighted by Crippen LogP contribution is 2.24. The molecule has 1 aromatic carbocycles. The van der Waals surface area contributed by atoms with Crippen molar-refractivity contribution in [1.29, 1.82) is 0 Å². The van der Waals surface area contributed by atoms with Gasteiger partial charge in [0, 0.05) is 19.5 Å². The first-order valence-electron chi connectivity index (χ1n) is 5.62. The van der Waals surface area contributed by atoms with Crippen LogP contribution in [0.25, 0.3) is 0 Å². The van der Waals surface area contributed by atoms with Crippen LogP contribution in [-0.2, 0) is 0 Å². The second-order valence-corrected chi connectivity index (χ2v) is 4.26. The summed E-state index contributed by atoms with van der Waals surface area (Å²) >= 11 is 0. The summed E-state index contributed by atoms with van der Waals surface area (Å²) in [4.78, 5) is 13.5. The summed E-state index contributed by atoms with van der Waals surface area (Å²) < 4.78 is 0. The fraction of sp³-hybridized carbons (Fsp3) is 0.333. The van der Waals surface area contributed by atoms with Gasteiger partial charge in [-0.1, -0.05) is 5.16 Å². The van der Waals surface area contributed by atoms with E-state index in [1.165, 1.54) is 30.1 Å². The predicted molar refractivity (Wildman–Crippen MR) is 69.4 cm³/mol. The van der Waals surface area contributed by atoms with Crippen LogP contribution >= 0.6 is 0 Å². The minimum Gasteiger partial charge on any atom is -0.508 e. The molecule has 0 aromatic heterocycles. The van der Waals surface area contributed by atoms with Crippen molar-refractivity contribution in [3.63, 3.8) is 0 Å². The maximum atomic E-state index is 12.1. The summed E-state index contributed by atoms with van der Waals surface area (Å²) in [6, 6.07) is 3.38. The van der Waals surface area contributed by atoms with Crippen LogP contribution < -0.4 is 5.73 Å². The predicted octanol–water partition coefficient (Wildman–Crippen LogP) is 0.695. The van der Waals surface area contributed by atoms with Gasteiger partial charge in [0.05, 0.1) is 5.56 Å². The molecule has 7 nitrogen and oxygen atoms in total. The summed E-state index contributed by atoms with van der Waals surface area (Å²) in [5, 5.41) is 30.3. The molecule has 1 rings (SSSR count). The zero-order valence-corrected chi connectivity index (χ0v) is 10.7. The molecule has 0 aliphatic rings. The van der Waals surface area contributed by atoms with Gasteiger partial charge in [0.25, 0.3) is 5.91 Å². The lowest BCUT2D eigenvalue weighted by molar-refractivity contribution is 0.0743. The summed E-state index contributed by atoms with van der Waals surface area (Å²) in [5.41, 5.74) is 5.37. The molecular weight excluding hydrogens is 250 g/mol. The highest BCUT2D eigenvalue weighted by Gasteiger charge is 2.21. The van der Waals surface area contributed by atoms with Crippen molar-refractivity contribution in [2.45, 2.75) is 19.4 Å². The summed E-state index contributed by atoms with van der Waals surface area (Å²) in [6.45, 7) is 1.72. The molecule has 0 saturated heterocycles. The Bertz CT molecular complexity index is 502. The molecule has 1 atom stereocenters. The van der Waals surface area contributed by atoms with E-state index in [1.54, 1.807) is 6.92 Å². The normalized spacial score (nSPS) is 13.1. The average Bonchev–Trinajstić information content (AvgIpc) is 2.39. The minimum atomic E-state index is -0.466. The molecule has 0 radical (unpaired) electrons. The molecule has 5 N–H and O–H groups in total. The second kappa shape index (κ2) is 5.94. The number of phenolic OH excluding ortho intramolecular Hbond substituents is 2. The molecule has 0 aliphatic carbocycles. The Morgan fingerprint density at radius 3 is 2.68 bits per heavy atom. The fourth-order valence-electron chi connectivity index (χ4n) is 1.57. The third-order valence-corrected chi connectivity index (χ3v) is 2.83. The lowest BCUT2D eigenvalue weighted by Crippen LogP contribution is -2.37. The Balaban J connectivity index is 2.90. The molecule has 0 fully saturated rings. The molecule has 7 heteroatoms. The van der Waals surface area contributed by atoms with Gasteiger partial charge < -0.3 is 26.1 Å². The van der Waals surface area contributed by atoms with Gasteiger partial charge in [-0.25, -0.2) is 0 Å². The van der Waals surface area contributed by atoms with E-state index < -0.39 is 5.91 Å². The lowest BCUT2D eigenvalue weighted by Gasteiger charge is -2.24. The van der Waals surface area contributed by atoms with E-state index in [0.717, 1.165) is 0 Å². The molecule has 0 aliphatic heterocycles. The number of amidine groups is 1. The molecule has 0 bridgehead atoms. The molecule has 1 amide bonds. The molecule has 0 spiro atoms. The van der Waals surface area contributed by atoms with Crippen molar-refractivity contribution in [1.82, 2.24) is 4.90 Å². The summed E-state index contributed by atoms with van der Waals surface area (Å²) in [5.74, 6) is -0.789. The Kier molecular flexibility index (Phi) is 4.57. The van der Waals surface area contributed by atoms with Crippen LogP contribution in [0.15, 0.2) is 23.4 Å². The van der Waals surface area contributed by atoms with E-state index in [9.17, 15) is 15.0 Å². The van der Waals surface area contributed by atoms with E-state index >= 15 is 0 Å². The van der Waals surface area contributed by atoms with E-state index in [0.29, 0.717) is 0 Å². The Hall–Kier alpha value is -2.44. The number of benzene rings is 1. The van der Waals surface area contributed by atoms with Crippen LogP contribution in [0.5, 0.6) is 11.5 Å². The lowest BCUT2D eigenvalue weighted by atomic mass is 10.1. The summed E-state index contributed by atoms with van der Waals surface area (Å²) in [7, 11) is 1.53. The summed E-state index contributed by atoms with van der Waals surface area (Å²) in [6.07, 6.45) is 0.193. The smallest absolute Gasteiger partial charge is 0.257 e. The van der Waals surface area contributed by atoms with Gasteiger partial charge in [-0.05, 0) is 25.1 Å². The zero-order valence-electron chi connectivity index (χ0n) is 10.7. The van der Waals surface area contributed by atoms with E-state index in [4.69, 9.17) is 10.9 Å². The van der Waals surface area contributed by atoms with Crippen LogP contribution in [0, 0.1) is 0 Å². The number of phenols is 2. The standard InChI is InChI=1S/C12H17N3O4/c1-7(5-11(13)14-19)15(2)12(18)9-6-8(16)3-4-10(9)17/h3-4,6-7,16-17,19H,5H2,1-2H3,(H2,13,14). The number of oxime groups is 1. The minimum absolute atomic E-state index is 0.00569. The Labute approximate surface area is 110 Å².